The summed E-state index contributed by atoms with van der Waals surface area (Å²) in [6, 6.07) is 8.05. The molecule has 18 heavy (non-hydrogen) atoms. The maximum Gasteiger partial charge on any atom is 0.313 e. The van der Waals surface area contributed by atoms with Gasteiger partial charge < -0.3 is 10.1 Å². The summed E-state index contributed by atoms with van der Waals surface area (Å²) in [6.45, 7) is 1.68. The number of halogens is 1. The molecule has 0 spiro atoms. The van der Waals surface area contributed by atoms with Crippen molar-refractivity contribution < 1.29 is 9.53 Å². The van der Waals surface area contributed by atoms with Gasteiger partial charge in [0.05, 0.1) is 12.5 Å². The molecule has 2 rings (SSSR count). The number of piperidine rings is 1. The third kappa shape index (κ3) is 2.75. The highest BCUT2D eigenvalue weighted by Crippen LogP contribution is 2.34. The zero-order valence-corrected chi connectivity index (χ0v) is 12.1. The Balaban J connectivity index is 2.25. The largest absolute Gasteiger partial charge is 0.469 e. The van der Waals surface area contributed by atoms with E-state index in [0.29, 0.717) is 13.0 Å². The molecule has 1 aliphatic heterocycles. The Morgan fingerprint density at radius 2 is 2.28 bits per heavy atom. The number of hydrogen-bond acceptors (Lipinski definition) is 3. The monoisotopic (exact) mass is 311 g/mol. The molecule has 0 aromatic heterocycles. The average Bonchev–Trinajstić information content (AvgIpc) is 2.41. The molecule has 1 aromatic rings. The first-order valence-corrected chi connectivity index (χ1v) is 7.00. The number of rotatable bonds is 3. The van der Waals surface area contributed by atoms with Gasteiger partial charge in [-0.25, -0.2) is 0 Å². The summed E-state index contributed by atoms with van der Waals surface area (Å²) in [5.41, 5.74) is 0.739. The van der Waals surface area contributed by atoms with Gasteiger partial charge in [-0.3, -0.25) is 4.79 Å². The van der Waals surface area contributed by atoms with Crippen molar-refractivity contribution in [3.8, 4) is 0 Å². The van der Waals surface area contributed by atoms with Crippen LogP contribution in [0, 0.1) is 5.41 Å². The van der Waals surface area contributed by atoms with Crippen molar-refractivity contribution in [2.45, 2.75) is 19.3 Å². The van der Waals surface area contributed by atoms with Crippen molar-refractivity contribution in [3.05, 3.63) is 34.3 Å². The fourth-order valence-electron chi connectivity index (χ4n) is 2.59. The van der Waals surface area contributed by atoms with E-state index < -0.39 is 5.41 Å². The summed E-state index contributed by atoms with van der Waals surface area (Å²) in [4.78, 5) is 12.1. The van der Waals surface area contributed by atoms with Crippen LogP contribution in [-0.2, 0) is 16.0 Å². The molecule has 1 atom stereocenters. The second-order valence-corrected chi connectivity index (χ2v) is 5.67. The number of carbonyl (C=O) groups excluding carboxylic acids is 1. The quantitative estimate of drug-likeness (QED) is 0.872. The van der Waals surface area contributed by atoms with E-state index in [-0.39, 0.29) is 5.97 Å². The van der Waals surface area contributed by atoms with Crippen molar-refractivity contribution >= 4 is 21.9 Å². The van der Waals surface area contributed by atoms with Crippen LogP contribution in [0.1, 0.15) is 18.4 Å². The third-order valence-corrected chi connectivity index (χ3v) is 4.35. The summed E-state index contributed by atoms with van der Waals surface area (Å²) >= 11 is 3.55. The maximum atomic E-state index is 12.1. The summed E-state index contributed by atoms with van der Waals surface area (Å²) in [6.07, 6.45) is 2.61. The second kappa shape index (κ2) is 5.85. The minimum Gasteiger partial charge on any atom is -0.469 e. The summed E-state index contributed by atoms with van der Waals surface area (Å²) in [7, 11) is 1.47. The van der Waals surface area contributed by atoms with Crippen LogP contribution in [0.2, 0.25) is 0 Å². The van der Waals surface area contributed by atoms with Gasteiger partial charge in [-0.05, 0) is 37.4 Å². The molecule has 98 valence electrons. The van der Waals surface area contributed by atoms with Crippen LogP contribution in [0.15, 0.2) is 28.7 Å². The summed E-state index contributed by atoms with van der Waals surface area (Å²) < 4.78 is 6.07. The van der Waals surface area contributed by atoms with Crippen molar-refractivity contribution in [3.63, 3.8) is 0 Å². The Morgan fingerprint density at radius 1 is 1.50 bits per heavy atom. The van der Waals surface area contributed by atoms with Crippen LogP contribution >= 0.6 is 15.9 Å². The second-order valence-electron chi connectivity index (χ2n) is 4.82. The number of ether oxygens (including phenoxy) is 1. The molecule has 0 saturated carbocycles. The van der Waals surface area contributed by atoms with E-state index in [2.05, 4.69) is 27.3 Å². The van der Waals surface area contributed by atoms with E-state index in [1.54, 1.807) is 0 Å². The fourth-order valence-corrected chi connectivity index (χ4v) is 3.01. The Hall–Kier alpha value is -0.870. The Morgan fingerprint density at radius 3 is 2.89 bits per heavy atom. The van der Waals surface area contributed by atoms with E-state index in [4.69, 9.17) is 4.74 Å². The first kappa shape index (κ1) is 13.6. The van der Waals surface area contributed by atoms with E-state index in [0.717, 1.165) is 29.4 Å². The highest BCUT2D eigenvalue weighted by Gasteiger charge is 2.41. The maximum absolute atomic E-state index is 12.1. The van der Waals surface area contributed by atoms with Crippen LogP contribution in [-0.4, -0.2) is 26.2 Å². The number of carbonyl (C=O) groups is 1. The van der Waals surface area contributed by atoms with E-state index >= 15 is 0 Å². The zero-order chi connectivity index (χ0) is 13.0. The molecule has 0 unspecified atom stereocenters. The molecule has 0 amide bonds. The van der Waals surface area contributed by atoms with Gasteiger partial charge in [-0.2, -0.15) is 0 Å². The van der Waals surface area contributed by atoms with E-state index in [9.17, 15) is 4.79 Å². The first-order chi connectivity index (χ1) is 8.68. The topological polar surface area (TPSA) is 38.3 Å². The minimum atomic E-state index is -0.420. The van der Waals surface area contributed by atoms with Crippen LogP contribution in [0.25, 0.3) is 0 Å². The molecule has 1 fully saturated rings. The lowest BCUT2D eigenvalue weighted by molar-refractivity contribution is -0.153. The van der Waals surface area contributed by atoms with Crippen molar-refractivity contribution in [2.75, 3.05) is 20.2 Å². The number of benzene rings is 1. The number of hydrogen-bond donors (Lipinski definition) is 1. The number of methoxy groups -OCH3 is 1. The molecule has 0 radical (unpaired) electrons. The third-order valence-electron chi connectivity index (χ3n) is 3.58. The van der Waals surface area contributed by atoms with Crippen molar-refractivity contribution in [1.82, 2.24) is 5.32 Å². The summed E-state index contributed by atoms with van der Waals surface area (Å²) in [5.74, 6) is -0.106. The molecule has 1 aromatic carbocycles. The van der Waals surface area contributed by atoms with Crippen LogP contribution in [0.5, 0.6) is 0 Å². The van der Waals surface area contributed by atoms with Crippen LogP contribution in [0.4, 0.5) is 0 Å². The van der Waals surface area contributed by atoms with Gasteiger partial charge in [0.25, 0.3) is 0 Å². The smallest absolute Gasteiger partial charge is 0.313 e. The van der Waals surface area contributed by atoms with Gasteiger partial charge in [-0.15, -0.1) is 0 Å². The number of esters is 1. The minimum absolute atomic E-state index is 0.106. The zero-order valence-electron chi connectivity index (χ0n) is 10.5. The summed E-state index contributed by atoms with van der Waals surface area (Å²) in [5, 5.41) is 3.31. The molecule has 1 N–H and O–H groups in total. The molecule has 1 heterocycles. The lowest BCUT2D eigenvalue weighted by atomic mass is 9.76. The highest BCUT2D eigenvalue weighted by molar-refractivity contribution is 9.10. The lowest BCUT2D eigenvalue weighted by Crippen LogP contribution is -2.47. The molecule has 0 bridgehead atoms. The average molecular weight is 312 g/mol. The molecular weight excluding hydrogens is 294 g/mol. The predicted octanol–water partition coefficient (Wildman–Crippen LogP) is 2.53. The standard InChI is InChI=1S/C14H18BrNO2/c1-18-13(17)14(7-4-8-16-10-14)9-11-5-2-3-6-12(11)15/h2-3,5-6,16H,4,7-10H2,1H3/t14-/m1/s1. The van der Waals surface area contributed by atoms with Gasteiger partial charge in [0.2, 0.25) is 0 Å². The Bertz CT molecular complexity index is 428. The molecule has 1 saturated heterocycles. The van der Waals surface area contributed by atoms with Crippen LogP contribution in [0.3, 0.4) is 0 Å². The molecule has 4 heteroatoms. The van der Waals surface area contributed by atoms with Gasteiger partial charge in [0, 0.05) is 11.0 Å². The Kier molecular flexibility index (Phi) is 4.40. The Labute approximate surface area is 116 Å². The SMILES string of the molecule is COC(=O)[C@@]1(Cc2ccccc2Br)CCCNC1. The van der Waals surface area contributed by atoms with Crippen molar-refractivity contribution in [2.24, 2.45) is 5.41 Å². The van der Waals surface area contributed by atoms with Crippen molar-refractivity contribution in [1.29, 1.82) is 0 Å². The molecule has 0 aliphatic carbocycles. The van der Waals surface area contributed by atoms with Crippen LogP contribution < -0.4 is 5.32 Å². The van der Waals surface area contributed by atoms with Gasteiger partial charge in [0.1, 0.15) is 0 Å². The lowest BCUT2D eigenvalue weighted by Gasteiger charge is -2.35. The van der Waals surface area contributed by atoms with E-state index in [1.807, 2.05) is 18.2 Å². The van der Waals surface area contributed by atoms with Gasteiger partial charge in [-0.1, -0.05) is 34.1 Å². The normalized spacial score (nSPS) is 23.7. The molecule has 1 aliphatic rings. The molecular formula is C14H18BrNO2. The molecule has 3 nitrogen and oxygen atoms in total. The van der Waals surface area contributed by atoms with E-state index in [1.165, 1.54) is 7.11 Å². The fraction of sp³-hybridized carbons (Fsp3) is 0.500. The first-order valence-electron chi connectivity index (χ1n) is 6.20. The number of nitrogens with one attached hydrogen (secondary N) is 1. The van der Waals surface area contributed by atoms with Gasteiger partial charge in [0.15, 0.2) is 0 Å². The predicted molar refractivity (Wildman–Crippen MR) is 74.4 cm³/mol. The highest BCUT2D eigenvalue weighted by atomic mass is 79.9. The van der Waals surface area contributed by atoms with Gasteiger partial charge >= 0.3 is 5.97 Å².